The van der Waals surface area contributed by atoms with E-state index < -0.39 is 5.54 Å². The molecule has 1 aliphatic rings. The molecule has 0 saturated heterocycles. The number of hydrogen-bond acceptors (Lipinski definition) is 5. The summed E-state index contributed by atoms with van der Waals surface area (Å²) in [4.78, 5) is 42.2. The summed E-state index contributed by atoms with van der Waals surface area (Å²) in [5, 5.41) is 13.5. The van der Waals surface area contributed by atoms with Gasteiger partial charge in [0.05, 0.1) is 23.8 Å². The highest BCUT2D eigenvalue weighted by molar-refractivity contribution is 6.05. The van der Waals surface area contributed by atoms with Gasteiger partial charge in [-0.05, 0) is 70.8 Å². The van der Waals surface area contributed by atoms with Crippen molar-refractivity contribution in [2.45, 2.75) is 45.4 Å². The summed E-state index contributed by atoms with van der Waals surface area (Å²) in [6, 6.07) is 16.1. The average Bonchev–Trinajstić information content (AvgIpc) is 3.43. The lowest BCUT2D eigenvalue weighted by atomic mass is 10.00. The zero-order chi connectivity index (χ0) is 29.0. The van der Waals surface area contributed by atoms with E-state index in [-0.39, 0.29) is 23.9 Å². The van der Waals surface area contributed by atoms with E-state index in [9.17, 15) is 14.4 Å². The summed E-state index contributed by atoms with van der Waals surface area (Å²) in [6.45, 7) is 11.0. The second kappa shape index (κ2) is 11.7. The van der Waals surface area contributed by atoms with Gasteiger partial charge < -0.3 is 25.8 Å². The van der Waals surface area contributed by atoms with Crippen LogP contribution >= 0.6 is 0 Å². The van der Waals surface area contributed by atoms with E-state index >= 15 is 0 Å². The number of urea groups is 1. The van der Waals surface area contributed by atoms with Crippen molar-refractivity contribution in [1.29, 1.82) is 0 Å². The highest BCUT2D eigenvalue weighted by Crippen LogP contribution is 2.42. The number of likely N-dealkylation sites (N-methyl/N-ethyl adjacent to an activating group) is 1. The highest BCUT2D eigenvalue weighted by atomic mass is 16.2. The predicted molar refractivity (Wildman–Crippen MR) is 156 cm³/mol. The topological polar surface area (TPSA) is 112 Å². The van der Waals surface area contributed by atoms with Crippen LogP contribution in [-0.4, -0.2) is 58.1 Å². The zero-order valence-corrected chi connectivity index (χ0v) is 23.7. The Morgan fingerprint density at radius 3 is 2.35 bits per heavy atom. The molecule has 210 valence electrons. The van der Waals surface area contributed by atoms with Gasteiger partial charge in [-0.1, -0.05) is 36.9 Å². The SMILES string of the molecule is C=CC(=O)Nc1ccc(C(=O)Nc2nn(CC)c3c2CN(C(=O)N[C@H](CN(C)C)c2ccccc2)C3(C)C)cc1. The first-order chi connectivity index (χ1) is 19.0. The van der Waals surface area contributed by atoms with Crippen LogP contribution in [0.15, 0.2) is 67.3 Å². The van der Waals surface area contributed by atoms with Crippen molar-refractivity contribution >= 4 is 29.4 Å². The molecule has 10 heteroatoms. The van der Waals surface area contributed by atoms with Crippen molar-refractivity contribution in [2.75, 3.05) is 31.3 Å². The van der Waals surface area contributed by atoms with Crippen LogP contribution in [0.4, 0.5) is 16.3 Å². The summed E-state index contributed by atoms with van der Waals surface area (Å²) < 4.78 is 1.85. The van der Waals surface area contributed by atoms with E-state index in [0.29, 0.717) is 36.7 Å². The van der Waals surface area contributed by atoms with Crippen molar-refractivity contribution in [3.8, 4) is 0 Å². The molecule has 4 amide bonds. The molecular formula is C30H37N7O3. The summed E-state index contributed by atoms with van der Waals surface area (Å²) in [5.74, 6) is -0.228. The summed E-state index contributed by atoms with van der Waals surface area (Å²) >= 11 is 0. The molecule has 0 bridgehead atoms. The molecule has 10 nitrogen and oxygen atoms in total. The van der Waals surface area contributed by atoms with Crippen molar-refractivity contribution in [2.24, 2.45) is 0 Å². The van der Waals surface area contributed by atoms with Gasteiger partial charge in [-0.2, -0.15) is 5.10 Å². The molecule has 40 heavy (non-hydrogen) atoms. The van der Waals surface area contributed by atoms with E-state index in [1.165, 1.54) is 6.08 Å². The standard InChI is InChI=1S/C30H37N7O3/c1-7-25(38)31-22-16-14-21(15-17-22)28(39)33-27-23-18-36(30(3,4)26(23)37(8-2)34-27)29(40)32-24(19-35(5)6)20-12-10-9-11-13-20/h7,9-17,24H,1,8,18-19H2,2-6H3,(H,31,38)(H,32,40)(H,33,34,39)/t24-/m1/s1. The Balaban J connectivity index is 1.55. The number of nitrogens with one attached hydrogen (secondary N) is 3. The molecule has 2 heterocycles. The number of hydrogen-bond donors (Lipinski definition) is 3. The molecule has 0 saturated carbocycles. The van der Waals surface area contributed by atoms with Crippen LogP contribution in [0.25, 0.3) is 0 Å². The summed E-state index contributed by atoms with van der Waals surface area (Å²) in [5.41, 5.74) is 3.06. The number of rotatable bonds is 9. The molecule has 0 radical (unpaired) electrons. The molecule has 0 spiro atoms. The van der Waals surface area contributed by atoms with Gasteiger partial charge in [-0.25, -0.2) is 4.79 Å². The normalized spacial score (nSPS) is 14.4. The number of carbonyl (C=O) groups excluding carboxylic acids is 3. The molecule has 1 aliphatic heterocycles. The number of nitrogens with zero attached hydrogens (tertiary/aromatic N) is 4. The molecule has 0 fully saturated rings. The first-order valence-corrected chi connectivity index (χ1v) is 13.3. The van der Waals surface area contributed by atoms with Crippen LogP contribution in [-0.2, 0) is 23.4 Å². The number of anilines is 2. The Hall–Kier alpha value is -4.44. The molecule has 1 atom stereocenters. The van der Waals surface area contributed by atoms with Gasteiger partial charge in [0, 0.05) is 29.9 Å². The molecule has 0 unspecified atom stereocenters. The molecule has 4 rings (SSSR count). The third-order valence-corrected chi connectivity index (χ3v) is 7.05. The average molecular weight is 544 g/mol. The van der Waals surface area contributed by atoms with Gasteiger partial charge in [0.2, 0.25) is 5.91 Å². The quantitative estimate of drug-likeness (QED) is 0.348. The number of fused-ring (bicyclic) bond motifs is 1. The maximum atomic E-state index is 13.7. The van der Waals surface area contributed by atoms with Crippen LogP contribution in [0.5, 0.6) is 0 Å². The number of aryl methyl sites for hydroxylation is 1. The van der Waals surface area contributed by atoms with Crippen LogP contribution in [0.3, 0.4) is 0 Å². The zero-order valence-electron chi connectivity index (χ0n) is 23.7. The molecule has 3 aromatic rings. The minimum Gasteiger partial charge on any atom is -0.330 e. The smallest absolute Gasteiger partial charge is 0.319 e. The van der Waals surface area contributed by atoms with Crippen LogP contribution < -0.4 is 16.0 Å². The fraction of sp³-hybridized carbons (Fsp3) is 0.333. The minimum atomic E-state index is -0.657. The Kier molecular flexibility index (Phi) is 8.39. The first kappa shape index (κ1) is 28.6. The third-order valence-electron chi connectivity index (χ3n) is 7.05. The Bertz CT molecular complexity index is 1390. The van der Waals surface area contributed by atoms with Crippen LogP contribution in [0, 0.1) is 0 Å². The minimum absolute atomic E-state index is 0.186. The molecule has 0 aliphatic carbocycles. The third kappa shape index (κ3) is 5.91. The van der Waals surface area contributed by atoms with Gasteiger partial charge in [-0.3, -0.25) is 14.3 Å². The lowest BCUT2D eigenvalue weighted by molar-refractivity contribution is -0.111. The fourth-order valence-corrected chi connectivity index (χ4v) is 5.06. The monoisotopic (exact) mass is 543 g/mol. The summed E-state index contributed by atoms with van der Waals surface area (Å²) in [6.07, 6.45) is 1.18. The second-order valence-corrected chi connectivity index (χ2v) is 10.5. The van der Waals surface area contributed by atoms with E-state index in [1.54, 1.807) is 29.2 Å². The number of benzene rings is 2. The Labute approximate surface area is 235 Å². The number of aromatic nitrogens is 2. The van der Waals surface area contributed by atoms with Crippen molar-refractivity contribution in [1.82, 2.24) is 24.9 Å². The van der Waals surface area contributed by atoms with Gasteiger partial charge >= 0.3 is 6.03 Å². The lowest BCUT2D eigenvalue weighted by Crippen LogP contribution is -2.49. The maximum absolute atomic E-state index is 13.7. The van der Waals surface area contributed by atoms with Crippen molar-refractivity contribution in [3.63, 3.8) is 0 Å². The summed E-state index contributed by atoms with van der Waals surface area (Å²) in [7, 11) is 3.96. The van der Waals surface area contributed by atoms with Crippen LogP contribution in [0.2, 0.25) is 0 Å². The van der Waals surface area contributed by atoms with Crippen LogP contribution in [0.1, 0.15) is 54.0 Å². The Morgan fingerprint density at radius 2 is 1.75 bits per heavy atom. The fourth-order valence-electron chi connectivity index (χ4n) is 5.06. The predicted octanol–water partition coefficient (Wildman–Crippen LogP) is 4.34. The lowest BCUT2D eigenvalue weighted by Gasteiger charge is -2.35. The number of amides is 4. The first-order valence-electron chi connectivity index (χ1n) is 13.3. The van der Waals surface area contributed by atoms with E-state index in [1.807, 2.05) is 74.8 Å². The highest BCUT2D eigenvalue weighted by Gasteiger charge is 2.45. The van der Waals surface area contributed by atoms with Crippen molar-refractivity contribution in [3.05, 3.63) is 89.6 Å². The van der Waals surface area contributed by atoms with Gasteiger partial charge in [0.1, 0.15) is 0 Å². The number of carbonyl (C=O) groups is 3. The largest absolute Gasteiger partial charge is 0.330 e. The Morgan fingerprint density at radius 1 is 1.07 bits per heavy atom. The van der Waals surface area contributed by atoms with E-state index in [2.05, 4.69) is 27.6 Å². The van der Waals surface area contributed by atoms with Crippen molar-refractivity contribution < 1.29 is 14.4 Å². The second-order valence-electron chi connectivity index (χ2n) is 10.5. The maximum Gasteiger partial charge on any atom is 0.319 e. The molecule has 1 aromatic heterocycles. The van der Waals surface area contributed by atoms with Gasteiger partial charge in [0.15, 0.2) is 5.82 Å². The van der Waals surface area contributed by atoms with E-state index in [0.717, 1.165) is 16.8 Å². The molecule has 2 aromatic carbocycles. The van der Waals surface area contributed by atoms with Gasteiger partial charge in [-0.15, -0.1) is 0 Å². The van der Waals surface area contributed by atoms with Gasteiger partial charge in [0.25, 0.3) is 5.91 Å². The molecular weight excluding hydrogens is 506 g/mol. The van der Waals surface area contributed by atoms with E-state index in [4.69, 9.17) is 0 Å². The molecule has 3 N–H and O–H groups in total.